The van der Waals surface area contributed by atoms with Crippen LogP contribution in [-0.4, -0.2) is 6.04 Å². The minimum atomic E-state index is 0.0925. The van der Waals surface area contributed by atoms with Gasteiger partial charge in [-0.3, -0.25) is 0 Å². The van der Waals surface area contributed by atoms with Crippen molar-refractivity contribution in [3.8, 4) is 0 Å². The van der Waals surface area contributed by atoms with E-state index >= 15 is 0 Å². The lowest BCUT2D eigenvalue weighted by Gasteiger charge is -2.42. The molecule has 1 aromatic carbocycles. The summed E-state index contributed by atoms with van der Waals surface area (Å²) in [5, 5.41) is 0.911. The Morgan fingerprint density at radius 2 is 1.78 bits per heavy atom. The van der Waals surface area contributed by atoms with Crippen molar-refractivity contribution in [1.29, 1.82) is 0 Å². The molecular weight excluding hydrogens is 350 g/mol. The van der Waals surface area contributed by atoms with Crippen molar-refractivity contribution >= 4 is 11.6 Å². The van der Waals surface area contributed by atoms with Gasteiger partial charge in [-0.15, -0.1) is 0 Å². The van der Waals surface area contributed by atoms with Gasteiger partial charge in [0.05, 0.1) is 0 Å². The van der Waals surface area contributed by atoms with Crippen molar-refractivity contribution in [2.45, 2.75) is 96.9 Å². The van der Waals surface area contributed by atoms with Gasteiger partial charge in [0.15, 0.2) is 0 Å². The molecule has 150 valence electrons. The minimum absolute atomic E-state index is 0.0925. The molecule has 0 spiro atoms. The van der Waals surface area contributed by atoms with Crippen LogP contribution in [0.5, 0.6) is 0 Å². The number of hydrogen-bond donors (Lipinski definition) is 1. The smallest absolute Gasteiger partial charge is 0.0444 e. The van der Waals surface area contributed by atoms with Crippen LogP contribution in [0.1, 0.15) is 95.6 Å². The molecule has 0 heterocycles. The van der Waals surface area contributed by atoms with Crippen molar-refractivity contribution in [2.75, 3.05) is 0 Å². The fraction of sp³-hybridized carbons (Fsp3) is 0.680. The Balaban J connectivity index is 1.71. The SMILES string of the molecule is C=C(Cc1ccc(C2CCC(C)(C)CC2)cc1Cl)C1(C(C)N)CCCCC1. The monoisotopic (exact) mass is 387 g/mol. The molecule has 2 aliphatic rings. The van der Waals surface area contributed by atoms with Crippen LogP contribution in [0.3, 0.4) is 0 Å². The van der Waals surface area contributed by atoms with E-state index < -0.39 is 0 Å². The molecule has 2 heteroatoms. The fourth-order valence-electron chi connectivity index (χ4n) is 5.41. The molecule has 0 saturated heterocycles. The summed E-state index contributed by atoms with van der Waals surface area (Å²) >= 11 is 6.74. The Hall–Kier alpha value is -0.790. The van der Waals surface area contributed by atoms with Crippen molar-refractivity contribution in [1.82, 2.24) is 0 Å². The quantitative estimate of drug-likeness (QED) is 0.522. The van der Waals surface area contributed by atoms with Crippen LogP contribution in [0, 0.1) is 10.8 Å². The summed E-state index contributed by atoms with van der Waals surface area (Å²) in [6.07, 6.45) is 12.3. The molecule has 2 fully saturated rings. The van der Waals surface area contributed by atoms with Crippen molar-refractivity contribution in [2.24, 2.45) is 16.6 Å². The third-order valence-corrected chi connectivity index (χ3v) is 7.96. The first-order chi connectivity index (χ1) is 12.7. The molecule has 2 N–H and O–H groups in total. The molecule has 0 amide bonds. The second kappa shape index (κ2) is 8.29. The lowest BCUT2D eigenvalue weighted by Crippen LogP contribution is -2.42. The maximum absolute atomic E-state index is 6.74. The van der Waals surface area contributed by atoms with Crippen LogP contribution >= 0.6 is 11.6 Å². The Morgan fingerprint density at radius 1 is 1.15 bits per heavy atom. The first-order valence-electron chi connectivity index (χ1n) is 11.0. The van der Waals surface area contributed by atoms with Crippen LogP contribution in [0.2, 0.25) is 5.02 Å². The zero-order valence-corrected chi connectivity index (χ0v) is 18.4. The van der Waals surface area contributed by atoms with E-state index in [1.807, 2.05) is 0 Å². The number of nitrogens with two attached hydrogens (primary N) is 1. The van der Waals surface area contributed by atoms with Crippen molar-refractivity contribution in [3.05, 3.63) is 46.5 Å². The summed E-state index contributed by atoms with van der Waals surface area (Å²) in [5.74, 6) is 0.668. The van der Waals surface area contributed by atoms with Crippen molar-refractivity contribution < 1.29 is 0 Å². The van der Waals surface area contributed by atoms with Gasteiger partial charge in [-0.05, 0) is 80.4 Å². The van der Waals surface area contributed by atoms with E-state index in [0.29, 0.717) is 11.3 Å². The number of halogens is 1. The molecule has 2 aliphatic carbocycles. The normalized spacial score (nSPS) is 23.7. The van der Waals surface area contributed by atoms with E-state index in [-0.39, 0.29) is 11.5 Å². The Labute approximate surface area is 171 Å². The summed E-state index contributed by atoms with van der Waals surface area (Å²) in [5.41, 5.74) is 11.0. The third kappa shape index (κ3) is 4.62. The second-order valence-corrected chi connectivity index (χ2v) is 10.5. The van der Waals surface area contributed by atoms with Gasteiger partial charge in [-0.2, -0.15) is 0 Å². The highest BCUT2D eigenvalue weighted by Crippen LogP contribution is 2.46. The molecule has 27 heavy (non-hydrogen) atoms. The first kappa shape index (κ1) is 20.9. The average molecular weight is 388 g/mol. The molecule has 0 bridgehead atoms. The van der Waals surface area contributed by atoms with E-state index in [2.05, 4.69) is 45.5 Å². The molecule has 1 aromatic rings. The van der Waals surface area contributed by atoms with E-state index in [1.165, 1.54) is 74.5 Å². The Morgan fingerprint density at radius 3 is 2.33 bits per heavy atom. The van der Waals surface area contributed by atoms with E-state index in [0.717, 1.165) is 11.4 Å². The molecule has 1 nitrogen and oxygen atoms in total. The standard InChI is InChI=1S/C25H38ClN/c1-18(25(19(2)27)12-6-5-7-13-25)16-22-9-8-21(17-23(22)26)20-10-14-24(3,4)15-11-20/h8-9,17,19-20H,1,5-7,10-16,27H2,2-4H3. The number of rotatable bonds is 5. The van der Waals surface area contributed by atoms with Gasteiger partial charge in [-0.1, -0.05) is 69.0 Å². The Kier molecular flexibility index (Phi) is 6.43. The van der Waals surface area contributed by atoms with Crippen LogP contribution in [0.4, 0.5) is 0 Å². The van der Waals surface area contributed by atoms with Crippen LogP contribution in [0.25, 0.3) is 0 Å². The van der Waals surface area contributed by atoms with Crippen LogP contribution in [-0.2, 0) is 6.42 Å². The highest BCUT2D eigenvalue weighted by atomic mass is 35.5. The number of benzene rings is 1. The molecular formula is C25H38ClN. The maximum Gasteiger partial charge on any atom is 0.0444 e. The zero-order chi connectivity index (χ0) is 19.7. The summed E-state index contributed by atoms with van der Waals surface area (Å²) in [6.45, 7) is 11.4. The lowest BCUT2D eigenvalue weighted by atomic mass is 9.64. The van der Waals surface area contributed by atoms with Gasteiger partial charge in [0, 0.05) is 16.5 Å². The summed E-state index contributed by atoms with van der Waals surface area (Å²) < 4.78 is 0. The maximum atomic E-state index is 6.74. The topological polar surface area (TPSA) is 26.0 Å². The summed E-state index contributed by atoms with van der Waals surface area (Å²) in [6, 6.07) is 6.96. The third-order valence-electron chi connectivity index (χ3n) is 7.61. The van der Waals surface area contributed by atoms with E-state index in [4.69, 9.17) is 17.3 Å². The van der Waals surface area contributed by atoms with Gasteiger partial charge < -0.3 is 5.73 Å². The summed E-state index contributed by atoms with van der Waals surface area (Å²) in [4.78, 5) is 0. The molecule has 0 aliphatic heterocycles. The van der Waals surface area contributed by atoms with Gasteiger partial charge in [0.2, 0.25) is 0 Å². The molecule has 3 rings (SSSR count). The Bertz CT molecular complexity index is 657. The molecule has 1 atom stereocenters. The highest BCUT2D eigenvalue weighted by molar-refractivity contribution is 6.31. The minimum Gasteiger partial charge on any atom is -0.327 e. The van der Waals surface area contributed by atoms with Crippen molar-refractivity contribution in [3.63, 3.8) is 0 Å². The van der Waals surface area contributed by atoms with Gasteiger partial charge in [0.1, 0.15) is 0 Å². The van der Waals surface area contributed by atoms with E-state index in [9.17, 15) is 0 Å². The molecule has 0 radical (unpaired) electrons. The van der Waals surface area contributed by atoms with Crippen LogP contribution in [0.15, 0.2) is 30.4 Å². The van der Waals surface area contributed by atoms with E-state index in [1.54, 1.807) is 0 Å². The predicted octanol–water partition coefficient (Wildman–Crippen LogP) is 7.42. The zero-order valence-electron chi connectivity index (χ0n) is 17.6. The first-order valence-corrected chi connectivity index (χ1v) is 11.3. The fourth-order valence-corrected chi connectivity index (χ4v) is 5.67. The van der Waals surface area contributed by atoms with Gasteiger partial charge >= 0.3 is 0 Å². The molecule has 0 aromatic heterocycles. The van der Waals surface area contributed by atoms with Gasteiger partial charge in [-0.25, -0.2) is 0 Å². The number of hydrogen-bond acceptors (Lipinski definition) is 1. The predicted molar refractivity (Wildman–Crippen MR) is 118 cm³/mol. The largest absolute Gasteiger partial charge is 0.327 e. The second-order valence-electron chi connectivity index (χ2n) is 10.1. The molecule has 2 saturated carbocycles. The highest BCUT2D eigenvalue weighted by Gasteiger charge is 2.38. The van der Waals surface area contributed by atoms with Crippen LogP contribution < -0.4 is 5.73 Å². The lowest BCUT2D eigenvalue weighted by molar-refractivity contribution is 0.198. The molecule has 1 unspecified atom stereocenters. The summed E-state index contributed by atoms with van der Waals surface area (Å²) in [7, 11) is 0. The van der Waals surface area contributed by atoms with Gasteiger partial charge in [0.25, 0.3) is 0 Å². The average Bonchev–Trinajstić information content (AvgIpc) is 2.63.